The van der Waals surface area contributed by atoms with Crippen molar-refractivity contribution < 1.29 is 9.90 Å². The topological polar surface area (TPSA) is 66.6 Å². The maximum Gasteiger partial charge on any atom is 0.252 e. The lowest BCUT2D eigenvalue weighted by Crippen LogP contribution is -2.44. The van der Waals surface area contributed by atoms with Gasteiger partial charge in [0.05, 0.1) is 0 Å². The summed E-state index contributed by atoms with van der Waals surface area (Å²) in [5.41, 5.74) is 5.53. The molecule has 2 unspecified atom stereocenters. The second-order valence-electron chi connectivity index (χ2n) is 3.01. The largest absolute Gasteiger partial charge is 0.382 e. The van der Waals surface area contributed by atoms with Gasteiger partial charge in [-0.05, 0) is 12.8 Å². The predicted octanol–water partition coefficient (Wildman–Crippen LogP) is -1.07. The summed E-state index contributed by atoms with van der Waals surface area (Å²) in [6.45, 7) is 0.698. The zero-order valence-electron chi connectivity index (χ0n) is 6.66. The lowest BCUT2D eigenvalue weighted by molar-refractivity contribution is -0.138. The van der Waals surface area contributed by atoms with Crippen LogP contribution in [0.4, 0.5) is 0 Å². The number of nitrogens with two attached hydrogens (primary N) is 1. The van der Waals surface area contributed by atoms with Gasteiger partial charge in [-0.15, -0.1) is 0 Å². The number of carbonyl (C=O) groups excluding carboxylic acids is 1. The molecule has 1 amide bonds. The van der Waals surface area contributed by atoms with Crippen molar-refractivity contribution in [1.82, 2.24) is 4.90 Å². The van der Waals surface area contributed by atoms with Gasteiger partial charge < -0.3 is 15.7 Å². The van der Waals surface area contributed by atoms with Gasteiger partial charge in [0, 0.05) is 19.6 Å². The molecule has 4 heteroatoms. The molecule has 0 bridgehead atoms. The first-order chi connectivity index (χ1) is 5.13. The number of rotatable bonds is 0. The third-order valence-corrected chi connectivity index (χ3v) is 2.07. The fourth-order valence-electron chi connectivity index (χ4n) is 1.24. The van der Waals surface area contributed by atoms with Crippen LogP contribution in [0, 0.1) is 0 Å². The molecule has 64 valence electrons. The van der Waals surface area contributed by atoms with Crippen LogP contribution in [0.5, 0.6) is 0 Å². The van der Waals surface area contributed by atoms with Gasteiger partial charge in [-0.2, -0.15) is 0 Å². The zero-order valence-corrected chi connectivity index (χ0v) is 6.66. The van der Waals surface area contributed by atoms with E-state index in [0.29, 0.717) is 6.54 Å². The van der Waals surface area contributed by atoms with Gasteiger partial charge in [0.2, 0.25) is 0 Å². The number of hydrogen-bond acceptors (Lipinski definition) is 3. The minimum atomic E-state index is -0.998. The Morgan fingerprint density at radius 3 is 3.00 bits per heavy atom. The van der Waals surface area contributed by atoms with E-state index in [1.807, 2.05) is 0 Å². The summed E-state index contributed by atoms with van der Waals surface area (Å²) in [4.78, 5) is 12.7. The summed E-state index contributed by atoms with van der Waals surface area (Å²) in [5.74, 6) is -0.255. The van der Waals surface area contributed by atoms with Gasteiger partial charge >= 0.3 is 0 Å². The van der Waals surface area contributed by atoms with Gasteiger partial charge in [-0.25, -0.2) is 0 Å². The van der Waals surface area contributed by atoms with E-state index < -0.39 is 6.10 Å². The summed E-state index contributed by atoms with van der Waals surface area (Å²) in [6.07, 6.45) is 0.597. The third kappa shape index (κ3) is 1.70. The van der Waals surface area contributed by atoms with Crippen molar-refractivity contribution in [1.29, 1.82) is 0 Å². The van der Waals surface area contributed by atoms with E-state index in [2.05, 4.69) is 0 Å². The Labute approximate surface area is 66.0 Å². The molecule has 1 heterocycles. The van der Waals surface area contributed by atoms with Crippen LogP contribution in [-0.4, -0.2) is 41.7 Å². The highest BCUT2D eigenvalue weighted by atomic mass is 16.3. The Bertz CT molecular complexity index is 161. The first-order valence-corrected chi connectivity index (χ1v) is 3.81. The molecule has 1 rings (SSSR count). The Kier molecular flexibility index (Phi) is 2.46. The molecule has 0 aromatic rings. The average molecular weight is 158 g/mol. The summed E-state index contributed by atoms with van der Waals surface area (Å²) < 4.78 is 0. The molecule has 0 saturated carbocycles. The second-order valence-corrected chi connectivity index (χ2v) is 3.01. The van der Waals surface area contributed by atoms with E-state index >= 15 is 0 Å². The van der Waals surface area contributed by atoms with E-state index in [0.717, 1.165) is 12.8 Å². The minimum Gasteiger partial charge on any atom is -0.382 e. The molecule has 2 atom stereocenters. The molecule has 0 radical (unpaired) electrons. The molecule has 1 fully saturated rings. The van der Waals surface area contributed by atoms with Gasteiger partial charge in [0.15, 0.2) is 0 Å². The molecule has 11 heavy (non-hydrogen) atoms. The van der Waals surface area contributed by atoms with Crippen molar-refractivity contribution in [2.45, 2.75) is 25.0 Å². The lowest BCUT2D eigenvalue weighted by atomic mass is 10.1. The molecule has 1 aliphatic rings. The smallest absolute Gasteiger partial charge is 0.252 e. The number of hydrogen-bond donors (Lipinski definition) is 2. The van der Waals surface area contributed by atoms with Crippen molar-refractivity contribution in [3.8, 4) is 0 Å². The summed E-state index contributed by atoms with van der Waals surface area (Å²) in [6, 6.07) is -0.382. The van der Waals surface area contributed by atoms with Crippen molar-refractivity contribution >= 4 is 5.91 Å². The first kappa shape index (κ1) is 8.49. The molecule has 0 spiro atoms. The second kappa shape index (κ2) is 3.19. The van der Waals surface area contributed by atoms with E-state index in [9.17, 15) is 9.90 Å². The highest BCUT2D eigenvalue weighted by Crippen LogP contribution is 2.09. The van der Waals surface area contributed by atoms with Crippen molar-refractivity contribution in [3.05, 3.63) is 0 Å². The highest BCUT2D eigenvalue weighted by molar-refractivity contribution is 5.81. The van der Waals surface area contributed by atoms with Crippen LogP contribution in [0.1, 0.15) is 12.8 Å². The number of amides is 1. The SMILES string of the molecule is CN1CCCC(N)C(O)C1=O. The molecule has 1 saturated heterocycles. The summed E-state index contributed by atoms with van der Waals surface area (Å²) in [5, 5.41) is 9.28. The number of likely N-dealkylation sites (tertiary alicyclic amines) is 1. The molecule has 0 aromatic heterocycles. The lowest BCUT2D eigenvalue weighted by Gasteiger charge is -2.17. The maximum atomic E-state index is 11.2. The first-order valence-electron chi connectivity index (χ1n) is 3.81. The maximum absolute atomic E-state index is 11.2. The van der Waals surface area contributed by atoms with Gasteiger partial charge in [0.1, 0.15) is 6.10 Å². The Morgan fingerprint density at radius 2 is 2.36 bits per heavy atom. The number of carbonyl (C=O) groups is 1. The number of nitrogens with zero attached hydrogens (tertiary/aromatic N) is 1. The Balaban J connectivity index is 2.66. The van der Waals surface area contributed by atoms with Gasteiger partial charge in [-0.3, -0.25) is 4.79 Å². The van der Waals surface area contributed by atoms with Crippen LogP contribution in [0.25, 0.3) is 0 Å². The quantitative estimate of drug-likeness (QED) is 0.471. The molecule has 4 nitrogen and oxygen atoms in total. The monoisotopic (exact) mass is 158 g/mol. The van der Waals surface area contributed by atoms with E-state index in [-0.39, 0.29) is 11.9 Å². The standard InChI is InChI=1S/C7H14N2O2/c1-9-4-2-3-5(8)6(10)7(9)11/h5-6,10H,2-4,8H2,1H3. The summed E-state index contributed by atoms with van der Waals surface area (Å²) in [7, 11) is 1.68. The fraction of sp³-hybridized carbons (Fsp3) is 0.857. The normalized spacial score (nSPS) is 33.7. The molecule has 0 aliphatic carbocycles. The molecular weight excluding hydrogens is 144 g/mol. The van der Waals surface area contributed by atoms with Crippen LogP contribution < -0.4 is 5.73 Å². The third-order valence-electron chi connectivity index (χ3n) is 2.07. The molecular formula is C7H14N2O2. The Morgan fingerprint density at radius 1 is 1.73 bits per heavy atom. The minimum absolute atomic E-state index is 0.255. The van der Waals surface area contributed by atoms with Crippen LogP contribution in [0.3, 0.4) is 0 Å². The zero-order chi connectivity index (χ0) is 8.43. The van der Waals surface area contributed by atoms with Crippen LogP contribution in [0.2, 0.25) is 0 Å². The van der Waals surface area contributed by atoms with Crippen molar-refractivity contribution in [3.63, 3.8) is 0 Å². The van der Waals surface area contributed by atoms with Gasteiger partial charge in [-0.1, -0.05) is 0 Å². The molecule has 0 aromatic carbocycles. The van der Waals surface area contributed by atoms with Crippen LogP contribution in [-0.2, 0) is 4.79 Å². The predicted molar refractivity (Wildman–Crippen MR) is 40.9 cm³/mol. The van der Waals surface area contributed by atoms with E-state index in [4.69, 9.17) is 5.73 Å². The number of aliphatic hydroxyl groups excluding tert-OH is 1. The highest BCUT2D eigenvalue weighted by Gasteiger charge is 2.28. The number of likely N-dealkylation sites (N-methyl/N-ethyl adjacent to an activating group) is 1. The van der Waals surface area contributed by atoms with E-state index in [1.165, 1.54) is 4.90 Å². The molecule has 1 aliphatic heterocycles. The van der Waals surface area contributed by atoms with E-state index in [1.54, 1.807) is 7.05 Å². The fourth-order valence-corrected chi connectivity index (χ4v) is 1.24. The van der Waals surface area contributed by atoms with Crippen molar-refractivity contribution in [2.24, 2.45) is 5.73 Å². The van der Waals surface area contributed by atoms with Crippen molar-refractivity contribution in [2.75, 3.05) is 13.6 Å². The summed E-state index contributed by atoms with van der Waals surface area (Å²) >= 11 is 0. The molecule has 3 N–H and O–H groups in total. The van der Waals surface area contributed by atoms with Crippen LogP contribution in [0.15, 0.2) is 0 Å². The Hall–Kier alpha value is -0.610. The van der Waals surface area contributed by atoms with Crippen LogP contribution >= 0.6 is 0 Å². The average Bonchev–Trinajstić information content (AvgIpc) is 2.07. The number of aliphatic hydroxyl groups is 1. The van der Waals surface area contributed by atoms with Gasteiger partial charge in [0.25, 0.3) is 5.91 Å².